The second kappa shape index (κ2) is 5.27. The molecule has 20 heavy (non-hydrogen) atoms. The molecule has 1 saturated carbocycles. The average Bonchev–Trinajstić information content (AvgIpc) is 2.89. The molecular weight excluding hydrogens is 252 g/mol. The lowest BCUT2D eigenvalue weighted by atomic mass is 9.95. The Labute approximate surface area is 119 Å². The van der Waals surface area contributed by atoms with Crippen LogP contribution in [0.3, 0.4) is 0 Å². The van der Waals surface area contributed by atoms with Crippen LogP contribution in [0.2, 0.25) is 0 Å². The van der Waals surface area contributed by atoms with E-state index in [1.54, 1.807) is 0 Å². The maximum absolute atomic E-state index is 12.8. The molecule has 1 aliphatic carbocycles. The van der Waals surface area contributed by atoms with Crippen LogP contribution in [-0.4, -0.2) is 28.8 Å². The van der Waals surface area contributed by atoms with Gasteiger partial charge < -0.3 is 10.2 Å². The number of hydrogen-bond donors (Lipinski definition) is 1. The lowest BCUT2D eigenvalue weighted by Crippen LogP contribution is -2.55. The number of rotatable bonds is 2. The molecule has 1 spiro atoms. The van der Waals surface area contributed by atoms with Gasteiger partial charge in [-0.3, -0.25) is 9.59 Å². The van der Waals surface area contributed by atoms with E-state index >= 15 is 0 Å². The van der Waals surface area contributed by atoms with Crippen molar-refractivity contribution in [1.82, 2.24) is 10.2 Å². The van der Waals surface area contributed by atoms with Gasteiger partial charge in [-0.25, -0.2) is 0 Å². The molecule has 0 bridgehead atoms. The zero-order valence-corrected chi connectivity index (χ0v) is 11.6. The summed E-state index contributed by atoms with van der Waals surface area (Å²) in [5, 5.41) is 2.99. The minimum Gasteiger partial charge on any atom is -0.342 e. The van der Waals surface area contributed by atoms with E-state index in [9.17, 15) is 9.59 Å². The van der Waals surface area contributed by atoms with Crippen LogP contribution in [0.4, 0.5) is 0 Å². The van der Waals surface area contributed by atoms with Gasteiger partial charge in [-0.2, -0.15) is 0 Å². The van der Waals surface area contributed by atoms with Crippen molar-refractivity contribution in [3.05, 3.63) is 35.9 Å². The lowest BCUT2D eigenvalue weighted by molar-refractivity contribution is -0.139. The van der Waals surface area contributed by atoms with Crippen LogP contribution in [-0.2, 0) is 16.1 Å². The Hall–Kier alpha value is -1.84. The summed E-state index contributed by atoms with van der Waals surface area (Å²) in [6, 6.07) is 9.97. The molecule has 4 heteroatoms. The van der Waals surface area contributed by atoms with E-state index in [0.717, 1.165) is 31.2 Å². The summed E-state index contributed by atoms with van der Waals surface area (Å²) in [4.78, 5) is 26.6. The van der Waals surface area contributed by atoms with Crippen LogP contribution >= 0.6 is 0 Å². The minimum atomic E-state index is -0.623. The van der Waals surface area contributed by atoms with Gasteiger partial charge in [-0.05, 0) is 18.4 Å². The Morgan fingerprint density at radius 3 is 2.50 bits per heavy atom. The largest absolute Gasteiger partial charge is 0.342 e. The highest BCUT2D eigenvalue weighted by molar-refractivity contribution is 5.93. The highest BCUT2D eigenvalue weighted by Gasteiger charge is 2.46. The number of nitrogens with one attached hydrogen (secondary N) is 1. The summed E-state index contributed by atoms with van der Waals surface area (Å²) in [5.74, 6) is 0.112. The van der Waals surface area contributed by atoms with E-state index < -0.39 is 5.54 Å². The van der Waals surface area contributed by atoms with Crippen molar-refractivity contribution in [2.24, 2.45) is 0 Å². The molecule has 0 aromatic heterocycles. The third-order valence-corrected chi connectivity index (χ3v) is 4.36. The fourth-order valence-corrected chi connectivity index (χ4v) is 3.30. The number of carbonyl (C=O) groups is 2. The van der Waals surface area contributed by atoms with Crippen molar-refractivity contribution in [2.75, 3.05) is 6.54 Å². The summed E-state index contributed by atoms with van der Waals surface area (Å²) in [7, 11) is 0. The Bertz CT molecular complexity index is 506. The summed E-state index contributed by atoms with van der Waals surface area (Å²) >= 11 is 0. The van der Waals surface area contributed by atoms with Crippen LogP contribution in [0, 0.1) is 0 Å². The quantitative estimate of drug-likeness (QED) is 0.893. The number of hydrogen-bond acceptors (Lipinski definition) is 2. The topological polar surface area (TPSA) is 49.4 Å². The standard InChI is InChI=1S/C16H20N2O2/c19-14-8-11-18(12-13-6-2-1-3-7-13)15(20)16(17-14)9-4-5-10-16/h1-3,6-7H,4-5,8-12H2,(H,17,19). The van der Waals surface area contributed by atoms with Gasteiger partial charge in [0.05, 0.1) is 0 Å². The predicted octanol–water partition coefficient (Wildman–Crippen LogP) is 1.85. The number of carbonyl (C=O) groups excluding carboxylic acids is 2. The zero-order valence-electron chi connectivity index (χ0n) is 11.6. The fraction of sp³-hybridized carbons (Fsp3) is 0.500. The van der Waals surface area contributed by atoms with E-state index in [2.05, 4.69) is 5.32 Å². The summed E-state index contributed by atoms with van der Waals surface area (Å²) in [5.41, 5.74) is 0.492. The maximum atomic E-state index is 12.8. The number of nitrogens with zero attached hydrogens (tertiary/aromatic N) is 1. The van der Waals surface area contributed by atoms with Crippen LogP contribution in [0.25, 0.3) is 0 Å². The van der Waals surface area contributed by atoms with Gasteiger partial charge in [-0.1, -0.05) is 43.2 Å². The Kier molecular flexibility index (Phi) is 3.47. The Balaban J connectivity index is 1.83. The fourth-order valence-electron chi connectivity index (χ4n) is 3.30. The molecule has 0 radical (unpaired) electrons. The van der Waals surface area contributed by atoms with Gasteiger partial charge in [0.15, 0.2) is 0 Å². The molecule has 1 N–H and O–H groups in total. The van der Waals surface area contributed by atoms with Crippen molar-refractivity contribution in [2.45, 2.75) is 44.2 Å². The summed E-state index contributed by atoms with van der Waals surface area (Å²) in [6.45, 7) is 1.11. The minimum absolute atomic E-state index is 0.0100. The van der Waals surface area contributed by atoms with Crippen molar-refractivity contribution >= 4 is 11.8 Å². The average molecular weight is 272 g/mol. The molecular formula is C16H20N2O2. The third kappa shape index (κ3) is 2.42. The molecule has 2 amide bonds. The summed E-state index contributed by atoms with van der Waals surface area (Å²) in [6.07, 6.45) is 4.00. The monoisotopic (exact) mass is 272 g/mol. The van der Waals surface area contributed by atoms with Crippen molar-refractivity contribution in [3.63, 3.8) is 0 Å². The molecule has 1 aliphatic heterocycles. The van der Waals surface area contributed by atoms with Crippen molar-refractivity contribution in [3.8, 4) is 0 Å². The Morgan fingerprint density at radius 2 is 1.80 bits per heavy atom. The maximum Gasteiger partial charge on any atom is 0.248 e. The first-order valence-electron chi connectivity index (χ1n) is 7.34. The van der Waals surface area contributed by atoms with Crippen LogP contribution in [0.5, 0.6) is 0 Å². The van der Waals surface area contributed by atoms with E-state index in [4.69, 9.17) is 0 Å². The second-order valence-electron chi connectivity index (χ2n) is 5.80. The van der Waals surface area contributed by atoms with Gasteiger partial charge in [0, 0.05) is 19.5 Å². The molecule has 1 saturated heterocycles. The molecule has 106 valence electrons. The van der Waals surface area contributed by atoms with Gasteiger partial charge >= 0.3 is 0 Å². The third-order valence-electron chi connectivity index (χ3n) is 4.36. The van der Waals surface area contributed by atoms with E-state index in [-0.39, 0.29) is 11.8 Å². The van der Waals surface area contributed by atoms with E-state index in [0.29, 0.717) is 19.5 Å². The molecule has 4 nitrogen and oxygen atoms in total. The van der Waals surface area contributed by atoms with Crippen molar-refractivity contribution in [1.29, 1.82) is 0 Å². The predicted molar refractivity (Wildman–Crippen MR) is 75.8 cm³/mol. The molecule has 0 atom stereocenters. The smallest absolute Gasteiger partial charge is 0.248 e. The van der Waals surface area contributed by atoms with Gasteiger partial charge in [0.25, 0.3) is 0 Å². The SMILES string of the molecule is O=C1CCN(Cc2ccccc2)C(=O)C2(CCCC2)N1. The first-order chi connectivity index (χ1) is 9.70. The second-order valence-corrected chi connectivity index (χ2v) is 5.80. The Morgan fingerprint density at radius 1 is 1.10 bits per heavy atom. The molecule has 1 aromatic carbocycles. The van der Waals surface area contributed by atoms with Crippen LogP contribution in [0.15, 0.2) is 30.3 Å². The van der Waals surface area contributed by atoms with Crippen molar-refractivity contribution < 1.29 is 9.59 Å². The first-order valence-corrected chi connectivity index (χ1v) is 7.34. The van der Waals surface area contributed by atoms with Gasteiger partial charge in [-0.15, -0.1) is 0 Å². The highest BCUT2D eigenvalue weighted by Crippen LogP contribution is 2.33. The summed E-state index contributed by atoms with van der Waals surface area (Å²) < 4.78 is 0. The first kappa shape index (κ1) is 13.2. The molecule has 2 fully saturated rings. The van der Waals surface area contributed by atoms with Gasteiger partial charge in [0.1, 0.15) is 5.54 Å². The molecule has 1 aromatic rings. The molecule has 2 aliphatic rings. The molecule has 3 rings (SSSR count). The lowest BCUT2D eigenvalue weighted by Gasteiger charge is -2.31. The van der Waals surface area contributed by atoms with Crippen LogP contribution < -0.4 is 5.32 Å². The van der Waals surface area contributed by atoms with Crippen LogP contribution in [0.1, 0.15) is 37.7 Å². The zero-order chi connectivity index (χ0) is 14.0. The number of benzene rings is 1. The van der Waals surface area contributed by atoms with Gasteiger partial charge in [0.2, 0.25) is 11.8 Å². The number of amides is 2. The normalized spacial score (nSPS) is 21.9. The highest BCUT2D eigenvalue weighted by atomic mass is 16.2. The van der Waals surface area contributed by atoms with E-state index in [1.807, 2.05) is 35.2 Å². The van der Waals surface area contributed by atoms with E-state index in [1.165, 1.54) is 0 Å². The molecule has 0 unspecified atom stereocenters. The molecule has 1 heterocycles.